The maximum atomic E-state index is 12.9. The maximum absolute atomic E-state index is 12.9. The Morgan fingerprint density at radius 3 is 2.43 bits per heavy atom. The minimum absolute atomic E-state index is 0.187. The van der Waals surface area contributed by atoms with Gasteiger partial charge in [-0.05, 0) is 35.4 Å². The van der Waals surface area contributed by atoms with Crippen LogP contribution in [0.5, 0.6) is 5.75 Å². The molecule has 1 aliphatic heterocycles. The molecule has 0 aliphatic carbocycles. The molecular formula is C20H22FNO6. The van der Waals surface area contributed by atoms with Gasteiger partial charge in [-0.3, -0.25) is 4.79 Å². The van der Waals surface area contributed by atoms with Crippen molar-refractivity contribution in [2.75, 3.05) is 13.7 Å². The molecule has 3 rings (SSSR count). The highest BCUT2D eigenvalue weighted by atomic mass is 19.1. The lowest BCUT2D eigenvalue weighted by atomic mass is 9.99. The van der Waals surface area contributed by atoms with E-state index in [0.717, 1.165) is 11.1 Å². The van der Waals surface area contributed by atoms with Crippen LogP contribution in [0, 0.1) is 0 Å². The van der Waals surface area contributed by atoms with Gasteiger partial charge in [-0.2, -0.15) is 0 Å². The standard InChI is InChI=1S/C20H22FNO6/c1-22-19(26)13-4-2-3-12(9-13)11-5-7-14(8-6-11)27-20-18(25)17(24)16(23)15(10-21)28-20/h2-9,15-18,20,23-25H,10H2,1H3,(H,22,26)/t15?,16-,17?,18?,20+/m1/s1. The van der Waals surface area contributed by atoms with Crippen LogP contribution in [-0.2, 0) is 4.74 Å². The van der Waals surface area contributed by atoms with E-state index in [2.05, 4.69) is 5.32 Å². The summed E-state index contributed by atoms with van der Waals surface area (Å²) in [6.07, 6.45) is -7.24. The topological polar surface area (TPSA) is 108 Å². The Morgan fingerprint density at radius 2 is 1.79 bits per heavy atom. The third-order valence-electron chi connectivity index (χ3n) is 4.61. The molecule has 0 radical (unpaired) electrons. The van der Waals surface area contributed by atoms with Gasteiger partial charge in [0, 0.05) is 12.6 Å². The Balaban J connectivity index is 1.74. The lowest BCUT2D eigenvalue weighted by molar-refractivity contribution is -0.274. The second-order valence-corrected chi connectivity index (χ2v) is 6.47. The van der Waals surface area contributed by atoms with Crippen LogP contribution in [0.15, 0.2) is 48.5 Å². The number of halogens is 1. The van der Waals surface area contributed by atoms with Crippen molar-refractivity contribution in [2.45, 2.75) is 30.7 Å². The molecule has 0 aromatic heterocycles. The summed E-state index contributed by atoms with van der Waals surface area (Å²) in [4.78, 5) is 11.8. The van der Waals surface area contributed by atoms with E-state index in [0.29, 0.717) is 11.3 Å². The Morgan fingerprint density at radius 1 is 1.07 bits per heavy atom. The first-order valence-corrected chi connectivity index (χ1v) is 8.79. The van der Waals surface area contributed by atoms with Crippen molar-refractivity contribution in [1.29, 1.82) is 0 Å². The zero-order valence-corrected chi connectivity index (χ0v) is 15.2. The number of carbonyl (C=O) groups excluding carboxylic acids is 1. The second kappa shape index (κ2) is 8.66. The first-order valence-electron chi connectivity index (χ1n) is 8.79. The number of carbonyl (C=O) groups is 1. The monoisotopic (exact) mass is 391 g/mol. The number of amides is 1. The van der Waals surface area contributed by atoms with Crippen molar-refractivity contribution < 1.29 is 34.0 Å². The molecule has 0 bridgehead atoms. The van der Waals surface area contributed by atoms with Gasteiger partial charge in [0.1, 0.15) is 36.8 Å². The van der Waals surface area contributed by atoms with Crippen LogP contribution in [0.3, 0.4) is 0 Å². The van der Waals surface area contributed by atoms with Gasteiger partial charge >= 0.3 is 0 Å². The molecule has 3 unspecified atom stereocenters. The second-order valence-electron chi connectivity index (χ2n) is 6.47. The quantitative estimate of drug-likeness (QED) is 0.602. The van der Waals surface area contributed by atoms with E-state index in [4.69, 9.17) is 9.47 Å². The van der Waals surface area contributed by atoms with Gasteiger partial charge in [-0.25, -0.2) is 4.39 Å². The zero-order valence-electron chi connectivity index (χ0n) is 15.2. The largest absolute Gasteiger partial charge is 0.462 e. The molecule has 5 atom stereocenters. The van der Waals surface area contributed by atoms with E-state index >= 15 is 0 Å². The van der Waals surface area contributed by atoms with Crippen LogP contribution < -0.4 is 10.1 Å². The normalized spacial score (nSPS) is 27.2. The summed E-state index contributed by atoms with van der Waals surface area (Å²) in [5.41, 5.74) is 2.20. The summed E-state index contributed by atoms with van der Waals surface area (Å²) in [5.74, 6) is 0.143. The van der Waals surface area contributed by atoms with Crippen molar-refractivity contribution >= 4 is 5.91 Å². The Bertz CT molecular complexity index is 813. The molecule has 1 heterocycles. The highest BCUT2D eigenvalue weighted by Crippen LogP contribution is 2.27. The van der Waals surface area contributed by atoms with Gasteiger partial charge in [0.15, 0.2) is 0 Å². The minimum Gasteiger partial charge on any atom is -0.462 e. The summed E-state index contributed by atoms with van der Waals surface area (Å²) in [5, 5.41) is 32.1. The number of rotatable bonds is 5. The number of benzene rings is 2. The minimum atomic E-state index is -1.58. The molecule has 7 nitrogen and oxygen atoms in total. The number of aliphatic hydroxyl groups is 3. The van der Waals surface area contributed by atoms with Crippen molar-refractivity contribution in [3.05, 3.63) is 54.1 Å². The van der Waals surface area contributed by atoms with Gasteiger partial charge in [0.25, 0.3) is 5.91 Å². The van der Waals surface area contributed by atoms with Gasteiger partial charge in [0.05, 0.1) is 0 Å². The van der Waals surface area contributed by atoms with Crippen LogP contribution in [0.1, 0.15) is 10.4 Å². The number of alkyl halides is 1. The molecule has 0 saturated carbocycles. The van der Waals surface area contributed by atoms with Gasteiger partial charge in [-0.1, -0.05) is 24.3 Å². The highest BCUT2D eigenvalue weighted by Gasteiger charge is 2.45. The van der Waals surface area contributed by atoms with E-state index in [1.165, 1.54) is 0 Å². The number of hydrogen-bond donors (Lipinski definition) is 4. The molecule has 28 heavy (non-hydrogen) atoms. The van der Waals surface area contributed by atoms with Crippen LogP contribution in [-0.4, -0.2) is 65.7 Å². The molecule has 1 aliphatic rings. The summed E-state index contributed by atoms with van der Waals surface area (Å²) in [6, 6.07) is 13.9. The number of aliphatic hydroxyl groups excluding tert-OH is 3. The van der Waals surface area contributed by atoms with E-state index in [-0.39, 0.29) is 5.91 Å². The predicted octanol–water partition coefficient (Wildman–Crippen LogP) is 0.869. The summed E-state index contributed by atoms with van der Waals surface area (Å²) in [6.45, 7) is -1.02. The highest BCUT2D eigenvalue weighted by molar-refractivity contribution is 5.95. The number of nitrogens with one attached hydrogen (secondary N) is 1. The lowest BCUT2D eigenvalue weighted by Gasteiger charge is -2.39. The fourth-order valence-electron chi connectivity index (χ4n) is 2.99. The van der Waals surface area contributed by atoms with E-state index in [1.54, 1.807) is 49.5 Å². The number of hydrogen-bond acceptors (Lipinski definition) is 6. The zero-order chi connectivity index (χ0) is 20.3. The van der Waals surface area contributed by atoms with Crippen LogP contribution >= 0.6 is 0 Å². The first kappa shape index (κ1) is 20.2. The Hall–Kier alpha value is -2.52. The van der Waals surface area contributed by atoms with Crippen molar-refractivity contribution in [1.82, 2.24) is 5.32 Å². The first-order chi connectivity index (χ1) is 13.4. The molecule has 1 fully saturated rings. The van der Waals surface area contributed by atoms with Gasteiger partial charge in [0.2, 0.25) is 6.29 Å². The fraction of sp³-hybridized carbons (Fsp3) is 0.350. The van der Waals surface area contributed by atoms with Gasteiger partial charge in [-0.15, -0.1) is 0 Å². The fourth-order valence-corrected chi connectivity index (χ4v) is 2.99. The number of ether oxygens (including phenoxy) is 2. The Labute approximate surface area is 161 Å². The van der Waals surface area contributed by atoms with Crippen LogP contribution in [0.2, 0.25) is 0 Å². The molecule has 8 heteroatoms. The Kier molecular flexibility index (Phi) is 6.25. The smallest absolute Gasteiger partial charge is 0.251 e. The summed E-state index contributed by atoms with van der Waals surface area (Å²) < 4.78 is 23.7. The molecule has 4 N–H and O–H groups in total. The van der Waals surface area contributed by atoms with E-state index in [1.807, 2.05) is 6.07 Å². The summed E-state index contributed by atoms with van der Waals surface area (Å²) >= 11 is 0. The lowest BCUT2D eigenvalue weighted by Crippen LogP contribution is -2.59. The van der Waals surface area contributed by atoms with Crippen molar-refractivity contribution in [2.24, 2.45) is 0 Å². The SMILES string of the molecule is CNC(=O)c1cccc(-c2ccc(O[C@H]3OC(CF)[C@@H](O)C(O)C3O)cc2)c1. The third kappa shape index (κ3) is 4.15. The van der Waals surface area contributed by atoms with Crippen molar-refractivity contribution in [3.8, 4) is 16.9 Å². The van der Waals surface area contributed by atoms with Crippen LogP contribution in [0.4, 0.5) is 4.39 Å². The van der Waals surface area contributed by atoms with E-state index < -0.39 is 37.4 Å². The average molecular weight is 391 g/mol. The predicted molar refractivity (Wildman–Crippen MR) is 98.6 cm³/mol. The average Bonchev–Trinajstić information content (AvgIpc) is 2.74. The van der Waals surface area contributed by atoms with Gasteiger partial charge < -0.3 is 30.1 Å². The molecular weight excluding hydrogens is 369 g/mol. The molecule has 1 amide bonds. The van der Waals surface area contributed by atoms with Crippen molar-refractivity contribution in [3.63, 3.8) is 0 Å². The molecule has 0 spiro atoms. The maximum Gasteiger partial charge on any atom is 0.251 e. The molecule has 150 valence electrons. The third-order valence-corrected chi connectivity index (χ3v) is 4.61. The summed E-state index contributed by atoms with van der Waals surface area (Å²) in [7, 11) is 1.56. The molecule has 2 aromatic carbocycles. The van der Waals surface area contributed by atoms with Crippen LogP contribution in [0.25, 0.3) is 11.1 Å². The van der Waals surface area contributed by atoms with E-state index in [9.17, 15) is 24.5 Å². The molecule has 1 saturated heterocycles. The molecule has 2 aromatic rings.